The van der Waals surface area contributed by atoms with E-state index in [4.69, 9.17) is 14.0 Å². The van der Waals surface area contributed by atoms with Crippen molar-refractivity contribution < 1.29 is 28.7 Å². The highest BCUT2D eigenvalue weighted by atomic mass is 16.5. The van der Waals surface area contributed by atoms with Crippen LogP contribution in [0.25, 0.3) is 22.4 Å². The van der Waals surface area contributed by atoms with Crippen LogP contribution in [0.1, 0.15) is 39.4 Å². The van der Waals surface area contributed by atoms with Gasteiger partial charge in [-0.3, -0.25) is 4.79 Å². The molecule has 37 heavy (non-hydrogen) atoms. The van der Waals surface area contributed by atoms with Crippen molar-refractivity contribution in [2.24, 2.45) is 0 Å². The van der Waals surface area contributed by atoms with Crippen molar-refractivity contribution in [2.75, 3.05) is 27.3 Å². The number of hydrogen-bond donors (Lipinski definition) is 2. The van der Waals surface area contributed by atoms with Gasteiger partial charge in [0.05, 0.1) is 26.2 Å². The van der Waals surface area contributed by atoms with Gasteiger partial charge in [0, 0.05) is 24.2 Å². The average Bonchev–Trinajstić information content (AvgIpc) is 3.28. The summed E-state index contributed by atoms with van der Waals surface area (Å²) in [6.45, 7) is 6.43. The van der Waals surface area contributed by atoms with Crippen LogP contribution < -0.4 is 14.8 Å². The Morgan fingerprint density at radius 1 is 0.946 bits per heavy atom. The lowest BCUT2D eigenvalue weighted by molar-refractivity contribution is -0.120. The molecule has 2 amide bonds. The monoisotopic (exact) mass is 509 g/mol. The van der Waals surface area contributed by atoms with Crippen LogP contribution in [0.3, 0.4) is 0 Å². The Labute approximate surface area is 217 Å². The van der Waals surface area contributed by atoms with Gasteiger partial charge in [-0.15, -0.1) is 0 Å². The van der Waals surface area contributed by atoms with Crippen LogP contribution in [0.4, 0.5) is 4.79 Å². The SMILES string of the molecule is COc1ccc(-c2noc(CC(=O)NCCCCN(C(=O)O)C(C)(C)C)c2-c2ccc(OC)cc2)cc1. The molecule has 0 bridgehead atoms. The zero-order valence-electron chi connectivity index (χ0n) is 22.0. The number of rotatable bonds is 11. The van der Waals surface area contributed by atoms with E-state index in [1.807, 2.05) is 69.3 Å². The highest BCUT2D eigenvalue weighted by Crippen LogP contribution is 2.36. The minimum atomic E-state index is -0.944. The van der Waals surface area contributed by atoms with Gasteiger partial charge in [0.25, 0.3) is 0 Å². The molecule has 0 unspecified atom stereocenters. The topological polar surface area (TPSA) is 114 Å². The van der Waals surface area contributed by atoms with E-state index in [2.05, 4.69) is 10.5 Å². The molecule has 0 atom stereocenters. The number of hydrogen-bond acceptors (Lipinski definition) is 6. The van der Waals surface area contributed by atoms with Crippen LogP contribution in [0.2, 0.25) is 0 Å². The second kappa shape index (κ2) is 12.3. The van der Waals surface area contributed by atoms with E-state index < -0.39 is 11.6 Å². The molecule has 2 N–H and O–H groups in total. The standard InChI is InChI=1S/C28H35N3O6/c1-28(2,3)31(27(33)34)17-7-6-16-29-24(32)18-23-25(19-8-12-21(35-4)13-9-19)26(30-37-23)20-10-14-22(36-5)15-11-20/h8-15H,6-7,16-18H2,1-5H3,(H,29,32)(H,33,34). The molecular formula is C28H35N3O6. The third-order valence-corrected chi connectivity index (χ3v) is 6.00. The second-order valence-electron chi connectivity index (χ2n) is 9.63. The van der Waals surface area contributed by atoms with E-state index in [-0.39, 0.29) is 12.3 Å². The fraction of sp³-hybridized carbons (Fsp3) is 0.393. The summed E-state index contributed by atoms with van der Waals surface area (Å²) in [7, 11) is 3.21. The lowest BCUT2D eigenvalue weighted by Crippen LogP contribution is -2.45. The number of methoxy groups -OCH3 is 2. The molecule has 0 aliphatic heterocycles. The average molecular weight is 510 g/mol. The van der Waals surface area contributed by atoms with E-state index in [0.29, 0.717) is 37.4 Å². The number of nitrogens with zero attached hydrogens (tertiary/aromatic N) is 2. The summed E-state index contributed by atoms with van der Waals surface area (Å²) in [6, 6.07) is 15.0. The Kier molecular flexibility index (Phi) is 9.16. The van der Waals surface area contributed by atoms with Gasteiger partial charge in [-0.05, 0) is 75.6 Å². The molecule has 1 aromatic heterocycles. The zero-order chi connectivity index (χ0) is 27.0. The van der Waals surface area contributed by atoms with Crippen LogP contribution in [0, 0.1) is 0 Å². The summed E-state index contributed by atoms with van der Waals surface area (Å²) in [4.78, 5) is 25.6. The number of aromatic nitrogens is 1. The molecule has 9 nitrogen and oxygen atoms in total. The predicted molar refractivity (Wildman–Crippen MR) is 141 cm³/mol. The Morgan fingerprint density at radius 2 is 1.51 bits per heavy atom. The third-order valence-electron chi connectivity index (χ3n) is 6.00. The highest BCUT2D eigenvalue weighted by molar-refractivity contribution is 5.86. The third kappa shape index (κ3) is 7.25. The number of carbonyl (C=O) groups excluding carboxylic acids is 1. The molecule has 3 rings (SSSR count). The summed E-state index contributed by atoms with van der Waals surface area (Å²) < 4.78 is 16.2. The van der Waals surface area contributed by atoms with Crippen LogP contribution in [0.5, 0.6) is 11.5 Å². The Balaban J connectivity index is 1.70. The molecule has 1 heterocycles. The fourth-order valence-corrected chi connectivity index (χ4v) is 4.00. The van der Waals surface area contributed by atoms with Crippen molar-refractivity contribution >= 4 is 12.0 Å². The summed E-state index contributed by atoms with van der Waals surface area (Å²) in [6.07, 6.45) is 0.379. The van der Waals surface area contributed by atoms with E-state index >= 15 is 0 Å². The molecule has 198 valence electrons. The summed E-state index contributed by atoms with van der Waals surface area (Å²) in [5.74, 6) is 1.71. The molecule has 0 saturated heterocycles. The van der Waals surface area contributed by atoms with Crippen LogP contribution in [-0.4, -0.2) is 60.0 Å². The molecule has 0 aliphatic carbocycles. The lowest BCUT2D eigenvalue weighted by atomic mass is 9.98. The molecular weight excluding hydrogens is 474 g/mol. The first kappa shape index (κ1) is 27.6. The van der Waals surface area contributed by atoms with Crippen molar-refractivity contribution in [3.05, 3.63) is 54.3 Å². The maximum absolute atomic E-state index is 12.8. The van der Waals surface area contributed by atoms with Gasteiger partial charge in [0.15, 0.2) is 5.76 Å². The number of nitrogens with one attached hydrogen (secondary N) is 1. The predicted octanol–water partition coefficient (Wildman–Crippen LogP) is 5.24. The Bertz CT molecular complexity index is 1180. The second-order valence-corrected chi connectivity index (χ2v) is 9.63. The summed E-state index contributed by atoms with van der Waals surface area (Å²) in [5, 5.41) is 16.6. The maximum atomic E-state index is 12.8. The smallest absolute Gasteiger partial charge is 0.407 e. The van der Waals surface area contributed by atoms with Crippen molar-refractivity contribution in [3.63, 3.8) is 0 Å². The summed E-state index contributed by atoms with van der Waals surface area (Å²) in [5.41, 5.74) is 2.59. The Hall–Kier alpha value is -4.01. The van der Waals surface area contributed by atoms with Gasteiger partial charge >= 0.3 is 6.09 Å². The van der Waals surface area contributed by atoms with Crippen molar-refractivity contribution in [2.45, 2.75) is 45.6 Å². The number of ether oxygens (including phenoxy) is 2. The number of unbranched alkanes of at least 4 members (excludes halogenated alkanes) is 1. The van der Waals surface area contributed by atoms with E-state index in [1.165, 1.54) is 4.90 Å². The quantitative estimate of drug-likeness (QED) is 0.340. The molecule has 3 aromatic rings. The van der Waals surface area contributed by atoms with Gasteiger partial charge in [-0.1, -0.05) is 17.3 Å². The van der Waals surface area contributed by atoms with Gasteiger partial charge < -0.3 is 29.3 Å². The maximum Gasteiger partial charge on any atom is 0.407 e. The number of benzene rings is 2. The van der Waals surface area contributed by atoms with Crippen molar-refractivity contribution in [3.8, 4) is 33.9 Å². The molecule has 9 heteroatoms. The van der Waals surface area contributed by atoms with Gasteiger partial charge in [0.1, 0.15) is 17.2 Å². The van der Waals surface area contributed by atoms with Gasteiger partial charge in [-0.2, -0.15) is 0 Å². The van der Waals surface area contributed by atoms with Crippen molar-refractivity contribution in [1.82, 2.24) is 15.4 Å². The largest absolute Gasteiger partial charge is 0.497 e. The van der Waals surface area contributed by atoms with Crippen LogP contribution >= 0.6 is 0 Å². The van der Waals surface area contributed by atoms with Gasteiger partial charge in [-0.25, -0.2) is 4.79 Å². The molecule has 2 aromatic carbocycles. The Morgan fingerprint density at radius 3 is 2.03 bits per heavy atom. The molecule has 0 fully saturated rings. The van der Waals surface area contributed by atoms with Crippen molar-refractivity contribution in [1.29, 1.82) is 0 Å². The first-order valence-electron chi connectivity index (χ1n) is 12.2. The minimum absolute atomic E-state index is 0.0216. The molecule has 0 spiro atoms. The van der Waals surface area contributed by atoms with E-state index in [9.17, 15) is 14.7 Å². The van der Waals surface area contributed by atoms with E-state index in [0.717, 1.165) is 28.2 Å². The zero-order valence-corrected chi connectivity index (χ0v) is 22.0. The number of amides is 2. The highest BCUT2D eigenvalue weighted by Gasteiger charge is 2.25. The molecule has 0 saturated carbocycles. The fourth-order valence-electron chi connectivity index (χ4n) is 4.00. The molecule has 0 radical (unpaired) electrons. The van der Waals surface area contributed by atoms with Gasteiger partial charge in [0.2, 0.25) is 5.91 Å². The first-order chi connectivity index (χ1) is 17.6. The van der Waals surface area contributed by atoms with Crippen LogP contribution in [-0.2, 0) is 11.2 Å². The number of carbonyl (C=O) groups is 2. The number of carboxylic acid groups (broad SMARTS) is 1. The summed E-state index contributed by atoms with van der Waals surface area (Å²) >= 11 is 0. The minimum Gasteiger partial charge on any atom is -0.497 e. The normalized spacial score (nSPS) is 11.2. The van der Waals surface area contributed by atoms with Crippen LogP contribution in [0.15, 0.2) is 53.1 Å². The molecule has 0 aliphatic rings. The lowest BCUT2D eigenvalue weighted by Gasteiger charge is -2.33. The van der Waals surface area contributed by atoms with E-state index in [1.54, 1.807) is 14.2 Å². The first-order valence-corrected chi connectivity index (χ1v) is 12.2.